The molecule has 0 aliphatic heterocycles. The molecule has 0 N–H and O–H groups in total. The molecule has 0 aromatic carbocycles. The van der Waals surface area contributed by atoms with Crippen LogP contribution in [0.15, 0.2) is 0 Å². The summed E-state index contributed by atoms with van der Waals surface area (Å²) in [4.78, 5) is 33.0. The first-order valence-corrected chi connectivity index (χ1v) is 4.79. The molecule has 0 bridgehead atoms. The van der Waals surface area contributed by atoms with Gasteiger partial charge in [0.1, 0.15) is 12.2 Å². The van der Waals surface area contributed by atoms with Crippen molar-refractivity contribution in [1.29, 1.82) is 0 Å². The maximum Gasteiger partial charge on any atom is 1.00 e. The van der Waals surface area contributed by atoms with Crippen molar-refractivity contribution in [3.63, 3.8) is 0 Å². The van der Waals surface area contributed by atoms with Crippen molar-refractivity contribution in [1.82, 2.24) is 0 Å². The van der Waals surface area contributed by atoms with Crippen LogP contribution in [-0.4, -0.2) is 24.1 Å². The Morgan fingerprint density at radius 2 is 1.60 bits per heavy atom. The molecule has 0 aliphatic rings. The third kappa shape index (κ3) is 10.1. The minimum absolute atomic E-state index is 0. The van der Waals surface area contributed by atoms with Crippen molar-refractivity contribution in [2.75, 3.05) is 6.61 Å². The molecule has 80 valence electrons. The first-order chi connectivity index (χ1) is 6.60. The van der Waals surface area contributed by atoms with Crippen LogP contribution in [0.4, 0.5) is 0 Å². The zero-order valence-electron chi connectivity index (χ0n) is 9.67. The SMILES string of the molecule is CCCC(=O)CC(=O)CC(=O)OCC.[Na+]. The number of hydrogen-bond acceptors (Lipinski definition) is 4. The van der Waals surface area contributed by atoms with Crippen LogP contribution < -0.4 is 29.6 Å². The van der Waals surface area contributed by atoms with Gasteiger partial charge in [-0.3, -0.25) is 14.4 Å². The summed E-state index contributed by atoms with van der Waals surface area (Å²) in [5, 5.41) is 0. The van der Waals surface area contributed by atoms with Crippen molar-refractivity contribution >= 4 is 17.5 Å². The van der Waals surface area contributed by atoms with Crippen molar-refractivity contribution < 1.29 is 48.7 Å². The monoisotopic (exact) mass is 223 g/mol. The van der Waals surface area contributed by atoms with Gasteiger partial charge in [-0.1, -0.05) is 6.92 Å². The van der Waals surface area contributed by atoms with Crippen molar-refractivity contribution in [2.24, 2.45) is 0 Å². The molecule has 0 saturated carbocycles. The first kappa shape index (κ1) is 17.2. The molecule has 0 aromatic heterocycles. The van der Waals surface area contributed by atoms with E-state index in [2.05, 4.69) is 4.74 Å². The molecule has 0 atom stereocenters. The van der Waals surface area contributed by atoms with Crippen LogP contribution in [0.2, 0.25) is 0 Å². The third-order valence-corrected chi connectivity index (χ3v) is 1.57. The molecule has 4 nitrogen and oxygen atoms in total. The summed E-state index contributed by atoms with van der Waals surface area (Å²) in [5.41, 5.74) is 0. The fourth-order valence-corrected chi connectivity index (χ4v) is 1.02. The van der Waals surface area contributed by atoms with E-state index < -0.39 is 5.97 Å². The van der Waals surface area contributed by atoms with Gasteiger partial charge in [0.25, 0.3) is 0 Å². The fourth-order valence-electron chi connectivity index (χ4n) is 1.02. The van der Waals surface area contributed by atoms with E-state index in [4.69, 9.17) is 0 Å². The Kier molecular flexibility index (Phi) is 11.9. The van der Waals surface area contributed by atoms with E-state index in [-0.39, 0.29) is 60.6 Å². The summed E-state index contributed by atoms with van der Waals surface area (Å²) in [6.07, 6.45) is 0.691. The average Bonchev–Trinajstić information content (AvgIpc) is 2.03. The van der Waals surface area contributed by atoms with Crippen LogP contribution in [0.1, 0.15) is 39.5 Å². The molecular formula is C10H16NaO4+. The zero-order valence-corrected chi connectivity index (χ0v) is 11.7. The van der Waals surface area contributed by atoms with E-state index in [0.29, 0.717) is 6.42 Å². The van der Waals surface area contributed by atoms with Gasteiger partial charge in [0, 0.05) is 6.42 Å². The van der Waals surface area contributed by atoms with Gasteiger partial charge in [-0.2, -0.15) is 0 Å². The molecule has 0 radical (unpaired) electrons. The van der Waals surface area contributed by atoms with Crippen LogP contribution in [0.25, 0.3) is 0 Å². The van der Waals surface area contributed by atoms with Gasteiger partial charge in [0.2, 0.25) is 0 Å². The largest absolute Gasteiger partial charge is 1.00 e. The van der Waals surface area contributed by atoms with E-state index in [1.54, 1.807) is 6.92 Å². The van der Waals surface area contributed by atoms with E-state index >= 15 is 0 Å². The van der Waals surface area contributed by atoms with Gasteiger partial charge in [0.05, 0.1) is 13.0 Å². The Balaban J connectivity index is 0. The zero-order chi connectivity index (χ0) is 11.0. The van der Waals surface area contributed by atoms with Crippen molar-refractivity contribution in [3.8, 4) is 0 Å². The Morgan fingerprint density at radius 3 is 2.07 bits per heavy atom. The van der Waals surface area contributed by atoms with E-state index in [9.17, 15) is 14.4 Å². The predicted octanol–water partition coefficient (Wildman–Crippen LogP) is -1.73. The van der Waals surface area contributed by atoms with Crippen LogP contribution >= 0.6 is 0 Å². The Bertz CT molecular complexity index is 203. The summed E-state index contributed by atoms with van der Waals surface area (Å²) >= 11 is 0. The molecule has 5 heteroatoms. The average molecular weight is 223 g/mol. The number of ether oxygens (including phenoxy) is 1. The summed E-state index contributed by atoms with van der Waals surface area (Å²) in [5.74, 6) is -1.02. The van der Waals surface area contributed by atoms with Gasteiger partial charge < -0.3 is 4.74 Å². The van der Waals surface area contributed by atoms with Crippen molar-refractivity contribution in [3.05, 3.63) is 0 Å². The topological polar surface area (TPSA) is 60.4 Å². The third-order valence-electron chi connectivity index (χ3n) is 1.57. The maximum absolute atomic E-state index is 11.1. The van der Waals surface area contributed by atoms with E-state index in [1.807, 2.05) is 6.92 Å². The van der Waals surface area contributed by atoms with Gasteiger partial charge in [-0.15, -0.1) is 0 Å². The Morgan fingerprint density at radius 1 is 1.00 bits per heavy atom. The molecule has 15 heavy (non-hydrogen) atoms. The number of carbonyl (C=O) groups excluding carboxylic acids is 3. The van der Waals surface area contributed by atoms with Crippen molar-refractivity contribution in [2.45, 2.75) is 39.5 Å². The van der Waals surface area contributed by atoms with Gasteiger partial charge >= 0.3 is 35.5 Å². The molecule has 0 amide bonds. The number of ketones is 2. The summed E-state index contributed by atoms with van der Waals surface area (Å²) in [7, 11) is 0. The van der Waals surface area contributed by atoms with Crippen LogP contribution in [0.3, 0.4) is 0 Å². The van der Waals surface area contributed by atoms with Crippen LogP contribution in [0, 0.1) is 0 Å². The standard InChI is InChI=1S/C10H16O4.Na/c1-3-5-8(11)6-9(12)7-10(13)14-4-2;/h3-7H2,1-2H3;/q;+1. The van der Waals surface area contributed by atoms with E-state index in [1.165, 1.54) is 0 Å². The summed E-state index contributed by atoms with van der Waals surface area (Å²) in [6.45, 7) is 3.80. The maximum atomic E-state index is 11.1. The van der Waals surface area contributed by atoms with Gasteiger partial charge in [-0.25, -0.2) is 0 Å². The minimum Gasteiger partial charge on any atom is -0.466 e. The second kappa shape index (κ2) is 10.3. The number of carbonyl (C=O) groups is 3. The second-order valence-corrected chi connectivity index (χ2v) is 2.99. The number of hydrogen-bond donors (Lipinski definition) is 0. The predicted molar refractivity (Wildman–Crippen MR) is 50.8 cm³/mol. The second-order valence-electron chi connectivity index (χ2n) is 2.99. The summed E-state index contributed by atoms with van der Waals surface area (Å²) < 4.78 is 4.58. The fraction of sp³-hybridized carbons (Fsp3) is 0.700. The Hall–Kier alpha value is -0.190. The smallest absolute Gasteiger partial charge is 0.466 e. The molecule has 0 saturated heterocycles. The molecule has 0 aliphatic carbocycles. The van der Waals surface area contributed by atoms with Gasteiger partial charge in [-0.05, 0) is 13.3 Å². The molecule has 0 fully saturated rings. The molecule has 0 heterocycles. The molecule has 0 spiro atoms. The molecule has 0 unspecified atom stereocenters. The van der Waals surface area contributed by atoms with E-state index in [0.717, 1.165) is 6.42 Å². The Labute approximate surface area is 112 Å². The molecular weight excluding hydrogens is 207 g/mol. The minimum atomic E-state index is -0.554. The number of Topliss-reactive ketones (excluding diaryl/α,β-unsaturated/α-hetero) is 2. The number of rotatable bonds is 7. The van der Waals surface area contributed by atoms with Gasteiger partial charge in [0.15, 0.2) is 5.78 Å². The quantitative estimate of drug-likeness (QED) is 0.292. The first-order valence-electron chi connectivity index (χ1n) is 4.79. The normalized spacial score (nSPS) is 8.93. The van der Waals surface area contributed by atoms with Crippen LogP contribution in [-0.2, 0) is 19.1 Å². The number of esters is 1. The molecule has 0 aromatic rings. The summed E-state index contributed by atoms with van der Waals surface area (Å²) in [6, 6.07) is 0. The molecule has 0 rings (SSSR count). The van der Waals surface area contributed by atoms with Crippen LogP contribution in [0.5, 0.6) is 0 Å².